The summed E-state index contributed by atoms with van der Waals surface area (Å²) in [6.07, 6.45) is -5.75. The van der Waals surface area contributed by atoms with Gasteiger partial charge in [0.25, 0.3) is 0 Å². The third-order valence-electron chi connectivity index (χ3n) is 2.73. The molecule has 0 unspecified atom stereocenters. The van der Waals surface area contributed by atoms with E-state index in [9.17, 15) is 20.1 Å². The summed E-state index contributed by atoms with van der Waals surface area (Å²) in [5.41, 5.74) is 0.797. The van der Waals surface area contributed by atoms with Crippen molar-refractivity contribution in [2.45, 2.75) is 31.0 Å². The molecule has 0 spiro atoms. The zero-order valence-corrected chi connectivity index (χ0v) is 12.8. The number of benzene rings is 1. The highest BCUT2D eigenvalue weighted by atomic mass is 127. The third-order valence-corrected chi connectivity index (χ3v) is 3.40. The lowest BCUT2D eigenvalue weighted by Crippen LogP contribution is -2.47. The fraction of sp³-hybridized carbons (Fsp3) is 0.462. The Kier molecular flexibility index (Phi) is 7.56. The fourth-order valence-corrected chi connectivity index (χ4v) is 2.23. The van der Waals surface area contributed by atoms with Gasteiger partial charge in [0, 0.05) is 3.57 Å². The predicted octanol–water partition coefficient (Wildman–Crippen LogP) is -0.550. The molecule has 0 aliphatic heterocycles. The Morgan fingerprint density at radius 3 is 2.55 bits per heavy atom. The Bertz CT molecular complexity index is 427. The van der Waals surface area contributed by atoms with Crippen molar-refractivity contribution >= 4 is 28.9 Å². The summed E-state index contributed by atoms with van der Waals surface area (Å²) in [5, 5.41) is 37.4. The van der Waals surface area contributed by atoms with Crippen molar-refractivity contribution in [1.82, 2.24) is 0 Å². The van der Waals surface area contributed by atoms with Crippen LogP contribution < -0.4 is 0 Å². The van der Waals surface area contributed by atoms with Gasteiger partial charge in [-0.1, -0.05) is 12.1 Å². The monoisotopic (exact) mass is 396 g/mol. The lowest BCUT2D eigenvalue weighted by atomic mass is 10.0. The quantitative estimate of drug-likeness (QED) is 0.347. The van der Waals surface area contributed by atoms with Crippen molar-refractivity contribution in [3.8, 4) is 0 Å². The molecule has 0 saturated heterocycles. The molecule has 1 aromatic carbocycles. The Labute approximate surface area is 130 Å². The number of hydrogen-bond donors (Lipinski definition) is 4. The molecule has 4 N–H and O–H groups in total. The zero-order chi connectivity index (χ0) is 15.1. The van der Waals surface area contributed by atoms with Gasteiger partial charge >= 0.3 is 0 Å². The number of ether oxygens (including phenoxy) is 1. The zero-order valence-electron chi connectivity index (χ0n) is 10.6. The summed E-state index contributed by atoms with van der Waals surface area (Å²) in [7, 11) is 0. The van der Waals surface area contributed by atoms with E-state index in [0.29, 0.717) is 0 Å². The highest BCUT2D eigenvalue weighted by molar-refractivity contribution is 14.1. The first kappa shape index (κ1) is 17.5. The Balaban J connectivity index is 2.72. The van der Waals surface area contributed by atoms with E-state index in [4.69, 9.17) is 9.84 Å². The van der Waals surface area contributed by atoms with Crippen LogP contribution in [0.1, 0.15) is 5.56 Å². The van der Waals surface area contributed by atoms with E-state index in [2.05, 4.69) is 22.6 Å². The molecule has 4 atom stereocenters. The second-order valence-corrected chi connectivity index (χ2v) is 5.52. The van der Waals surface area contributed by atoms with Crippen LogP contribution in [0.4, 0.5) is 0 Å². The van der Waals surface area contributed by atoms with Gasteiger partial charge in [-0.25, -0.2) is 0 Å². The lowest BCUT2D eigenvalue weighted by Gasteiger charge is -2.27. The third kappa shape index (κ3) is 5.08. The first-order valence-electron chi connectivity index (χ1n) is 5.96. The number of rotatable bonds is 8. The maximum Gasteiger partial charge on any atom is 0.151 e. The van der Waals surface area contributed by atoms with Gasteiger partial charge in [0.05, 0.1) is 13.2 Å². The summed E-state index contributed by atoms with van der Waals surface area (Å²) in [5.74, 6) is 0. The number of aldehydes is 1. The number of carbonyl (C=O) groups is 1. The van der Waals surface area contributed by atoms with Crippen LogP contribution in [0, 0.1) is 3.57 Å². The molecule has 0 heterocycles. The van der Waals surface area contributed by atoms with E-state index in [1.165, 1.54) is 0 Å². The molecule has 7 heteroatoms. The summed E-state index contributed by atoms with van der Waals surface area (Å²) in [6, 6.07) is 7.36. The standard InChI is InChI=1S/C13H17IO6/c14-9-3-1-2-8(4-9)7-20-13(11(18)6-16)12(19)10(17)5-15/h1-4,6,10-13,15,17-19H,5,7H2/t10-,11+,12-,13-/m1/s1. The molecule has 0 bridgehead atoms. The summed E-state index contributed by atoms with van der Waals surface area (Å²) in [4.78, 5) is 10.6. The topological polar surface area (TPSA) is 107 Å². The van der Waals surface area contributed by atoms with Crippen molar-refractivity contribution in [2.75, 3.05) is 6.61 Å². The molecule has 0 aromatic heterocycles. The summed E-state index contributed by atoms with van der Waals surface area (Å²) < 4.78 is 6.31. The van der Waals surface area contributed by atoms with Crippen LogP contribution in [-0.4, -0.2) is 57.7 Å². The van der Waals surface area contributed by atoms with Gasteiger partial charge in [-0.15, -0.1) is 0 Å². The molecule has 0 fully saturated rings. The molecular formula is C13H17IO6. The minimum absolute atomic E-state index is 0.0572. The maximum atomic E-state index is 10.6. The predicted molar refractivity (Wildman–Crippen MR) is 78.9 cm³/mol. The van der Waals surface area contributed by atoms with Crippen molar-refractivity contribution < 1.29 is 30.0 Å². The largest absolute Gasteiger partial charge is 0.394 e. The van der Waals surface area contributed by atoms with Crippen LogP contribution in [0.5, 0.6) is 0 Å². The summed E-state index contributed by atoms with van der Waals surface area (Å²) >= 11 is 2.13. The van der Waals surface area contributed by atoms with E-state index >= 15 is 0 Å². The highest BCUT2D eigenvalue weighted by Gasteiger charge is 2.32. The number of aliphatic hydroxyl groups is 4. The van der Waals surface area contributed by atoms with E-state index in [-0.39, 0.29) is 12.9 Å². The fourth-order valence-electron chi connectivity index (χ4n) is 1.62. The molecule has 0 amide bonds. The second kappa shape index (κ2) is 8.65. The lowest BCUT2D eigenvalue weighted by molar-refractivity contribution is -0.153. The molecule has 0 aliphatic carbocycles. The average molecular weight is 396 g/mol. The van der Waals surface area contributed by atoms with Gasteiger partial charge in [0.2, 0.25) is 0 Å². The second-order valence-electron chi connectivity index (χ2n) is 4.27. The smallest absolute Gasteiger partial charge is 0.151 e. The van der Waals surface area contributed by atoms with Crippen molar-refractivity contribution in [3.63, 3.8) is 0 Å². The normalized spacial score (nSPS) is 17.2. The molecule has 1 aromatic rings. The first-order valence-corrected chi connectivity index (χ1v) is 7.04. The molecule has 0 aliphatic rings. The average Bonchev–Trinajstić information content (AvgIpc) is 2.46. The van der Waals surface area contributed by atoms with Crippen molar-refractivity contribution in [1.29, 1.82) is 0 Å². The Morgan fingerprint density at radius 2 is 2.00 bits per heavy atom. The van der Waals surface area contributed by atoms with E-state index in [1.807, 2.05) is 18.2 Å². The number of halogens is 1. The van der Waals surface area contributed by atoms with Crippen LogP contribution in [0.2, 0.25) is 0 Å². The van der Waals surface area contributed by atoms with Crippen LogP contribution in [0.3, 0.4) is 0 Å². The van der Waals surface area contributed by atoms with Gasteiger partial charge in [-0.05, 0) is 40.3 Å². The number of hydrogen-bond acceptors (Lipinski definition) is 6. The van der Waals surface area contributed by atoms with E-state index in [0.717, 1.165) is 9.13 Å². The van der Waals surface area contributed by atoms with Gasteiger partial charge in [-0.2, -0.15) is 0 Å². The molecule has 112 valence electrons. The first-order chi connectivity index (χ1) is 9.49. The molecule has 0 saturated carbocycles. The number of carbonyl (C=O) groups excluding carboxylic acids is 1. The van der Waals surface area contributed by atoms with Gasteiger partial charge < -0.3 is 30.0 Å². The van der Waals surface area contributed by atoms with Crippen molar-refractivity contribution in [3.05, 3.63) is 33.4 Å². The molecule has 6 nitrogen and oxygen atoms in total. The van der Waals surface area contributed by atoms with Crippen molar-refractivity contribution in [2.24, 2.45) is 0 Å². The molecule has 1 rings (SSSR count). The summed E-state index contributed by atoms with van der Waals surface area (Å²) in [6.45, 7) is -0.641. The van der Waals surface area contributed by atoms with Gasteiger partial charge in [0.15, 0.2) is 6.29 Å². The van der Waals surface area contributed by atoms with Crippen LogP contribution in [0.25, 0.3) is 0 Å². The number of aliphatic hydroxyl groups excluding tert-OH is 4. The minimum atomic E-state index is -1.59. The molecule has 20 heavy (non-hydrogen) atoms. The van der Waals surface area contributed by atoms with E-state index in [1.54, 1.807) is 6.07 Å². The van der Waals surface area contributed by atoms with Gasteiger partial charge in [-0.3, -0.25) is 0 Å². The maximum absolute atomic E-state index is 10.6. The Hall–Kier alpha value is -0.580. The Morgan fingerprint density at radius 1 is 1.30 bits per heavy atom. The van der Waals surface area contributed by atoms with Crippen LogP contribution >= 0.6 is 22.6 Å². The van der Waals surface area contributed by atoms with E-state index < -0.39 is 31.0 Å². The van der Waals surface area contributed by atoms with Crippen LogP contribution in [0.15, 0.2) is 24.3 Å². The highest BCUT2D eigenvalue weighted by Crippen LogP contribution is 2.14. The minimum Gasteiger partial charge on any atom is -0.394 e. The SMILES string of the molecule is O=C[C@H](O)[C@@H](OCc1cccc(I)c1)[C@H](O)[C@H](O)CO. The molecule has 0 radical (unpaired) electrons. The molecular weight excluding hydrogens is 379 g/mol. The van der Waals surface area contributed by atoms with Crippen LogP contribution in [-0.2, 0) is 16.1 Å². The van der Waals surface area contributed by atoms with Gasteiger partial charge in [0.1, 0.15) is 24.4 Å².